The molecule has 1 heterocycles. The second-order valence-electron chi connectivity index (χ2n) is 5.66. The van der Waals surface area contributed by atoms with Crippen molar-refractivity contribution in [1.29, 1.82) is 0 Å². The van der Waals surface area contributed by atoms with Gasteiger partial charge in [-0.15, -0.1) is 0 Å². The molecule has 128 valence electrons. The Morgan fingerprint density at radius 2 is 2.04 bits per heavy atom. The third kappa shape index (κ3) is 4.15. The van der Waals surface area contributed by atoms with E-state index in [2.05, 4.69) is 0 Å². The summed E-state index contributed by atoms with van der Waals surface area (Å²) in [5.41, 5.74) is 2.38. The minimum atomic E-state index is -0.316. The Bertz CT molecular complexity index is 806. The molecule has 4 heteroatoms. The van der Waals surface area contributed by atoms with Crippen LogP contribution >= 0.6 is 0 Å². The molecule has 0 saturated heterocycles. The van der Waals surface area contributed by atoms with E-state index < -0.39 is 0 Å². The molecule has 3 nitrogen and oxygen atoms in total. The summed E-state index contributed by atoms with van der Waals surface area (Å²) in [7, 11) is 0. The number of halogens is 1. The van der Waals surface area contributed by atoms with Gasteiger partial charge >= 0.3 is 5.97 Å². The standard InChI is InChI=1S/C21H19FO3/c1-2-24-21(23)18-8-5-9-20-19(18)14-17(25-20)7-4-3-6-15-10-12-16(22)13-11-15/h3-13,17H,2,14H2,1H3. The lowest BCUT2D eigenvalue weighted by Gasteiger charge is -2.05. The average molecular weight is 338 g/mol. The molecular weight excluding hydrogens is 319 g/mol. The molecule has 2 aromatic carbocycles. The Kier molecular flexibility index (Phi) is 5.29. The third-order valence-corrected chi connectivity index (χ3v) is 3.91. The molecule has 1 aliphatic rings. The maximum Gasteiger partial charge on any atom is 0.338 e. The van der Waals surface area contributed by atoms with Gasteiger partial charge in [-0.1, -0.05) is 36.4 Å². The van der Waals surface area contributed by atoms with Crippen molar-refractivity contribution in [2.24, 2.45) is 0 Å². The number of hydrogen-bond donors (Lipinski definition) is 0. The van der Waals surface area contributed by atoms with Gasteiger partial charge in [0.25, 0.3) is 0 Å². The quantitative estimate of drug-likeness (QED) is 0.591. The van der Waals surface area contributed by atoms with E-state index >= 15 is 0 Å². The highest BCUT2D eigenvalue weighted by Gasteiger charge is 2.26. The lowest BCUT2D eigenvalue weighted by molar-refractivity contribution is 0.0525. The zero-order valence-electron chi connectivity index (χ0n) is 13.9. The van der Waals surface area contributed by atoms with Crippen LogP contribution in [0.1, 0.15) is 28.4 Å². The van der Waals surface area contributed by atoms with Gasteiger partial charge in [-0.05, 0) is 42.8 Å². The highest BCUT2D eigenvalue weighted by Crippen LogP contribution is 2.32. The number of benzene rings is 2. The van der Waals surface area contributed by atoms with Gasteiger partial charge < -0.3 is 9.47 Å². The van der Waals surface area contributed by atoms with Crippen LogP contribution in [-0.2, 0) is 11.2 Å². The van der Waals surface area contributed by atoms with Crippen LogP contribution in [0.2, 0.25) is 0 Å². The van der Waals surface area contributed by atoms with E-state index in [1.54, 1.807) is 31.2 Å². The van der Waals surface area contributed by atoms with Crippen LogP contribution in [0, 0.1) is 5.82 Å². The van der Waals surface area contributed by atoms with Gasteiger partial charge in [0, 0.05) is 12.0 Å². The first-order valence-corrected chi connectivity index (χ1v) is 8.23. The molecule has 0 fully saturated rings. The first-order chi connectivity index (χ1) is 12.2. The summed E-state index contributed by atoms with van der Waals surface area (Å²) in [4.78, 5) is 12.0. The number of hydrogen-bond acceptors (Lipinski definition) is 3. The highest BCUT2D eigenvalue weighted by atomic mass is 19.1. The normalized spacial score (nSPS) is 16.2. The van der Waals surface area contributed by atoms with Crippen LogP contribution in [0.3, 0.4) is 0 Å². The highest BCUT2D eigenvalue weighted by molar-refractivity contribution is 5.92. The van der Waals surface area contributed by atoms with Crippen molar-refractivity contribution in [3.05, 3.63) is 83.2 Å². The molecule has 0 radical (unpaired) electrons. The zero-order chi connectivity index (χ0) is 17.6. The van der Waals surface area contributed by atoms with Gasteiger partial charge in [0.2, 0.25) is 0 Å². The fourth-order valence-electron chi connectivity index (χ4n) is 2.73. The van der Waals surface area contributed by atoms with Crippen LogP contribution in [-0.4, -0.2) is 18.7 Å². The van der Waals surface area contributed by atoms with Gasteiger partial charge in [0.05, 0.1) is 12.2 Å². The first kappa shape index (κ1) is 17.0. The van der Waals surface area contributed by atoms with Crippen LogP contribution in [0.4, 0.5) is 4.39 Å². The fraction of sp³-hybridized carbons (Fsp3) is 0.190. The second-order valence-corrected chi connectivity index (χ2v) is 5.66. The molecule has 1 unspecified atom stereocenters. The second kappa shape index (κ2) is 7.79. The molecule has 1 aliphatic heterocycles. The minimum Gasteiger partial charge on any atom is -0.486 e. The Labute approximate surface area is 146 Å². The van der Waals surface area contributed by atoms with Crippen LogP contribution in [0.25, 0.3) is 6.08 Å². The largest absolute Gasteiger partial charge is 0.486 e. The van der Waals surface area contributed by atoms with Gasteiger partial charge in [0.1, 0.15) is 17.7 Å². The van der Waals surface area contributed by atoms with Crippen LogP contribution in [0.15, 0.2) is 60.7 Å². The molecule has 25 heavy (non-hydrogen) atoms. The predicted octanol–water partition coefficient (Wildman–Crippen LogP) is 4.58. The van der Waals surface area contributed by atoms with E-state index in [1.807, 2.05) is 30.4 Å². The number of carbonyl (C=O) groups excluding carboxylic acids is 1. The molecular formula is C21H19FO3. The van der Waals surface area contributed by atoms with Gasteiger partial charge in [-0.2, -0.15) is 0 Å². The predicted molar refractivity (Wildman–Crippen MR) is 95.1 cm³/mol. The van der Waals surface area contributed by atoms with Crippen molar-refractivity contribution in [2.75, 3.05) is 6.61 Å². The lowest BCUT2D eigenvalue weighted by atomic mass is 10.0. The van der Waals surface area contributed by atoms with Crippen LogP contribution in [0.5, 0.6) is 5.75 Å². The van der Waals surface area contributed by atoms with Gasteiger partial charge in [0.15, 0.2) is 0 Å². The summed E-state index contributed by atoms with van der Waals surface area (Å²) in [6.45, 7) is 2.14. The van der Waals surface area contributed by atoms with Gasteiger partial charge in [-0.25, -0.2) is 9.18 Å². The maximum absolute atomic E-state index is 12.9. The molecule has 0 spiro atoms. The summed E-state index contributed by atoms with van der Waals surface area (Å²) in [5.74, 6) is 0.161. The van der Waals surface area contributed by atoms with E-state index in [0.29, 0.717) is 18.6 Å². The molecule has 1 atom stereocenters. The van der Waals surface area contributed by atoms with E-state index in [4.69, 9.17) is 9.47 Å². The SMILES string of the molecule is CCOC(=O)c1cccc2c1CC(C=CC=Cc1ccc(F)cc1)O2. The Morgan fingerprint density at radius 3 is 2.80 bits per heavy atom. The topological polar surface area (TPSA) is 35.5 Å². The number of esters is 1. The fourth-order valence-corrected chi connectivity index (χ4v) is 2.73. The van der Waals surface area contributed by atoms with Gasteiger partial charge in [-0.3, -0.25) is 0 Å². The van der Waals surface area contributed by atoms with E-state index in [-0.39, 0.29) is 17.9 Å². The number of carbonyl (C=O) groups is 1. The summed E-state index contributed by atoms with van der Waals surface area (Å²) in [6, 6.07) is 11.7. The maximum atomic E-state index is 12.9. The van der Waals surface area contributed by atoms with Crippen LogP contribution < -0.4 is 4.74 Å². The summed E-state index contributed by atoms with van der Waals surface area (Å²) in [5, 5.41) is 0. The summed E-state index contributed by atoms with van der Waals surface area (Å²) < 4.78 is 23.8. The van der Waals surface area contributed by atoms with Crippen molar-refractivity contribution in [3.63, 3.8) is 0 Å². The summed E-state index contributed by atoms with van der Waals surface area (Å²) in [6.07, 6.45) is 8.11. The molecule has 0 aromatic heterocycles. The Hall–Kier alpha value is -2.88. The monoisotopic (exact) mass is 338 g/mol. The van der Waals surface area contributed by atoms with Crippen molar-refractivity contribution < 1.29 is 18.7 Å². The average Bonchev–Trinajstić information content (AvgIpc) is 3.03. The molecule has 0 amide bonds. The molecule has 3 rings (SSSR count). The van der Waals surface area contributed by atoms with E-state index in [0.717, 1.165) is 16.9 Å². The molecule has 0 bridgehead atoms. The molecule has 2 aromatic rings. The third-order valence-electron chi connectivity index (χ3n) is 3.91. The first-order valence-electron chi connectivity index (χ1n) is 8.23. The Balaban J connectivity index is 1.65. The Morgan fingerprint density at radius 1 is 1.24 bits per heavy atom. The minimum absolute atomic E-state index is 0.122. The smallest absolute Gasteiger partial charge is 0.338 e. The molecule has 0 aliphatic carbocycles. The van der Waals surface area contributed by atoms with Crippen molar-refractivity contribution in [1.82, 2.24) is 0 Å². The van der Waals surface area contributed by atoms with E-state index in [1.165, 1.54) is 12.1 Å². The van der Waals surface area contributed by atoms with Crippen molar-refractivity contribution >= 4 is 12.0 Å². The lowest BCUT2D eigenvalue weighted by Crippen LogP contribution is -2.10. The van der Waals surface area contributed by atoms with E-state index in [9.17, 15) is 9.18 Å². The summed E-state index contributed by atoms with van der Waals surface area (Å²) >= 11 is 0. The number of allylic oxidation sites excluding steroid dienone is 2. The number of ether oxygens (including phenoxy) is 2. The molecule has 0 N–H and O–H groups in total. The van der Waals surface area contributed by atoms with Crippen molar-refractivity contribution in [2.45, 2.75) is 19.4 Å². The zero-order valence-corrected chi connectivity index (χ0v) is 13.9. The number of fused-ring (bicyclic) bond motifs is 1. The molecule has 0 saturated carbocycles. The van der Waals surface area contributed by atoms with Crippen molar-refractivity contribution in [3.8, 4) is 5.75 Å². The number of rotatable bonds is 5.